The van der Waals surface area contributed by atoms with E-state index >= 15 is 0 Å². The predicted octanol–water partition coefficient (Wildman–Crippen LogP) is 4.99. The van der Waals surface area contributed by atoms with E-state index < -0.39 is 0 Å². The molecule has 0 bridgehead atoms. The van der Waals surface area contributed by atoms with Crippen molar-refractivity contribution in [3.05, 3.63) is 0 Å². The Labute approximate surface area is 110 Å². The van der Waals surface area contributed by atoms with E-state index in [4.69, 9.17) is 5.73 Å². The van der Waals surface area contributed by atoms with E-state index in [1.165, 1.54) is 0 Å². The topological polar surface area (TPSA) is 26.0 Å². The van der Waals surface area contributed by atoms with Crippen molar-refractivity contribution in [3.63, 3.8) is 0 Å². The van der Waals surface area contributed by atoms with Gasteiger partial charge < -0.3 is 5.73 Å². The van der Waals surface area contributed by atoms with Gasteiger partial charge in [0.05, 0.1) is 0 Å². The molecule has 0 heterocycles. The molecule has 0 aliphatic heterocycles. The Hall–Kier alpha value is -0.0400. The maximum absolute atomic E-state index is 6.76. The SMILES string of the molecule is CC(C)(C)CC(N)(CC(C)(C)C)CC(C)(C)C. The van der Waals surface area contributed by atoms with Gasteiger partial charge in [0, 0.05) is 5.54 Å². The van der Waals surface area contributed by atoms with Crippen LogP contribution in [-0.2, 0) is 0 Å². The fourth-order valence-corrected chi connectivity index (χ4v) is 3.36. The minimum Gasteiger partial charge on any atom is -0.325 e. The summed E-state index contributed by atoms with van der Waals surface area (Å²) in [5, 5.41) is 0. The van der Waals surface area contributed by atoms with Gasteiger partial charge in [-0.05, 0) is 35.5 Å². The van der Waals surface area contributed by atoms with Crippen LogP contribution in [0.25, 0.3) is 0 Å². The molecule has 0 amide bonds. The zero-order valence-corrected chi connectivity index (χ0v) is 13.7. The zero-order chi connectivity index (χ0) is 14.1. The van der Waals surface area contributed by atoms with Crippen molar-refractivity contribution in [1.29, 1.82) is 0 Å². The van der Waals surface area contributed by atoms with Crippen LogP contribution < -0.4 is 5.73 Å². The van der Waals surface area contributed by atoms with Gasteiger partial charge in [-0.15, -0.1) is 0 Å². The van der Waals surface area contributed by atoms with Crippen molar-refractivity contribution in [2.75, 3.05) is 0 Å². The normalized spacial score (nSPS) is 15.2. The molecule has 0 rings (SSSR count). The monoisotopic (exact) mass is 241 g/mol. The van der Waals surface area contributed by atoms with Crippen LogP contribution in [0.5, 0.6) is 0 Å². The van der Waals surface area contributed by atoms with Crippen LogP contribution in [0, 0.1) is 16.2 Å². The molecule has 0 saturated carbocycles. The summed E-state index contributed by atoms with van der Waals surface area (Å²) in [7, 11) is 0. The first-order chi connectivity index (χ1) is 7.12. The van der Waals surface area contributed by atoms with Crippen molar-refractivity contribution in [1.82, 2.24) is 0 Å². The van der Waals surface area contributed by atoms with Crippen LogP contribution in [0.3, 0.4) is 0 Å². The summed E-state index contributed by atoms with van der Waals surface area (Å²) in [4.78, 5) is 0. The minimum absolute atomic E-state index is 0.0469. The van der Waals surface area contributed by atoms with Gasteiger partial charge in [-0.1, -0.05) is 62.3 Å². The van der Waals surface area contributed by atoms with Crippen molar-refractivity contribution in [2.45, 2.75) is 87.1 Å². The molecule has 0 unspecified atom stereocenters. The molecule has 0 radical (unpaired) electrons. The average Bonchev–Trinajstić information content (AvgIpc) is 1.65. The summed E-state index contributed by atoms with van der Waals surface area (Å²) in [5.74, 6) is 0. The van der Waals surface area contributed by atoms with E-state index in [0.29, 0.717) is 16.2 Å². The molecular formula is C16H35N. The van der Waals surface area contributed by atoms with Crippen molar-refractivity contribution < 1.29 is 0 Å². The largest absolute Gasteiger partial charge is 0.325 e. The second-order valence-electron chi connectivity index (χ2n) is 9.57. The van der Waals surface area contributed by atoms with E-state index in [2.05, 4.69) is 62.3 Å². The van der Waals surface area contributed by atoms with Gasteiger partial charge >= 0.3 is 0 Å². The molecule has 17 heavy (non-hydrogen) atoms. The molecule has 1 heteroatoms. The maximum Gasteiger partial charge on any atom is 0.0169 e. The number of rotatable bonds is 3. The second-order valence-corrected chi connectivity index (χ2v) is 9.57. The van der Waals surface area contributed by atoms with E-state index in [1.54, 1.807) is 0 Å². The fraction of sp³-hybridized carbons (Fsp3) is 1.00. The Morgan fingerprint density at radius 2 is 0.706 bits per heavy atom. The van der Waals surface area contributed by atoms with E-state index in [-0.39, 0.29) is 5.54 Å². The summed E-state index contributed by atoms with van der Waals surface area (Å²) in [6.45, 7) is 20.6. The Morgan fingerprint density at radius 1 is 0.529 bits per heavy atom. The van der Waals surface area contributed by atoms with Crippen molar-refractivity contribution in [3.8, 4) is 0 Å². The van der Waals surface area contributed by atoms with Crippen LogP contribution in [0.15, 0.2) is 0 Å². The number of nitrogens with two attached hydrogens (primary N) is 1. The highest BCUT2D eigenvalue weighted by Gasteiger charge is 2.37. The Morgan fingerprint density at radius 3 is 0.824 bits per heavy atom. The Bertz CT molecular complexity index is 191. The van der Waals surface area contributed by atoms with Gasteiger partial charge in [-0.2, -0.15) is 0 Å². The van der Waals surface area contributed by atoms with Crippen molar-refractivity contribution >= 4 is 0 Å². The molecule has 104 valence electrons. The van der Waals surface area contributed by atoms with Gasteiger partial charge in [-0.25, -0.2) is 0 Å². The highest BCUT2D eigenvalue weighted by molar-refractivity contribution is 4.94. The molecule has 0 spiro atoms. The van der Waals surface area contributed by atoms with E-state index in [1.807, 2.05) is 0 Å². The number of hydrogen-bond donors (Lipinski definition) is 1. The smallest absolute Gasteiger partial charge is 0.0169 e. The van der Waals surface area contributed by atoms with Crippen LogP contribution in [-0.4, -0.2) is 5.54 Å². The third-order valence-electron chi connectivity index (χ3n) is 2.65. The average molecular weight is 241 g/mol. The molecular weight excluding hydrogens is 206 g/mol. The first-order valence-electron chi connectivity index (χ1n) is 6.91. The zero-order valence-electron chi connectivity index (χ0n) is 13.7. The van der Waals surface area contributed by atoms with Gasteiger partial charge in [0.1, 0.15) is 0 Å². The quantitative estimate of drug-likeness (QED) is 0.740. The lowest BCUT2D eigenvalue weighted by Gasteiger charge is -2.43. The molecule has 0 aliphatic rings. The third kappa shape index (κ3) is 9.64. The minimum atomic E-state index is -0.0469. The third-order valence-corrected chi connectivity index (χ3v) is 2.65. The van der Waals surface area contributed by atoms with Crippen molar-refractivity contribution in [2.24, 2.45) is 22.0 Å². The highest BCUT2D eigenvalue weighted by atomic mass is 14.8. The maximum atomic E-state index is 6.76. The lowest BCUT2D eigenvalue weighted by molar-refractivity contribution is 0.133. The first kappa shape index (κ1) is 17.0. The summed E-state index contributed by atoms with van der Waals surface area (Å²) in [6, 6.07) is 0. The van der Waals surface area contributed by atoms with Gasteiger partial charge in [-0.3, -0.25) is 0 Å². The van der Waals surface area contributed by atoms with Crippen LogP contribution in [0.4, 0.5) is 0 Å². The van der Waals surface area contributed by atoms with Gasteiger partial charge in [0.2, 0.25) is 0 Å². The van der Waals surface area contributed by atoms with E-state index in [9.17, 15) is 0 Å². The summed E-state index contributed by atoms with van der Waals surface area (Å²) in [6.07, 6.45) is 3.28. The predicted molar refractivity (Wildman–Crippen MR) is 79.1 cm³/mol. The standard InChI is InChI=1S/C16H35N/c1-13(2,3)10-16(17,11-14(4,5)6)12-15(7,8)9/h10-12,17H2,1-9H3. The number of hydrogen-bond acceptors (Lipinski definition) is 1. The lowest BCUT2D eigenvalue weighted by Crippen LogP contribution is -2.48. The highest BCUT2D eigenvalue weighted by Crippen LogP contribution is 2.40. The fourth-order valence-electron chi connectivity index (χ4n) is 3.36. The molecule has 0 aromatic carbocycles. The molecule has 0 fully saturated rings. The first-order valence-corrected chi connectivity index (χ1v) is 6.91. The van der Waals surface area contributed by atoms with Crippen LogP contribution in [0.2, 0.25) is 0 Å². The molecule has 0 saturated heterocycles. The molecule has 0 atom stereocenters. The van der Waals surface area contributed by atoms with Gasteiger partial charge in [0.15, 0.2) is 0 Å². The second kappa shape index (κ2) is 4.91. The molecule has 1 nitrogen and oxygen atoms in total. The Balaban J connectivity index is 4.95. The molecule has 0 aromatic heterocycles. The summed E-state index contributed by atoms with van der Waals surface area (Å²) >= 11 is 0. The summed E-state index contributed by atoms with van der Waals surface area (Å²) in [5.41, 5.74) is 7.60. The van der Waals surface area contributed by atoms with Crippen LogP contribution in [0.1, 0.15) is 81.6 Å². The van der Waals surface area contributed by atoms with E-state index in [0.717, 1.165) is 19.3 Å². The molecule has 2 N–H and O–H groups in total. The molecule has 0 aromatic rings. The summed E-state index contributed by atoms with van der Waals surface area (Å²) < 4.78 is 0. The Kier molecular flexibility index (Phi) is 4.90. The lowest BCUT2D eigenvalue weighted by atomic mass is 9.66. The van der Waals surface area contributed by atoms with Gasteiger partial charge in [0.25, 0.3) is 0 Å². The molecule has 0 aliphatic carbocycles. The van der Waals surface area contributed by atoms with Crippen LogP contribution >= 0.6 is 0 Å².